The van der Waals surface area contributed by atoms with E-state index in [2.05, 4.69) is 34.6 Å². The van der Waals surface area contributed by atoms with Crippen molar-refractivity contribution in [1.29, 1.82) is 0 Å². The van der Waals surface area contributed by atoms with E-state index in [0.717, 1.165) is 6.61 Å². The highest BCUT2D eigenvalue weighted by Gasteiger charge is 2.40. The second-order valence-corrected chi connectivity index (χ2v) is 5.45. The van der Waals surface area contributed by atoms with Crippen molar-refractivity contribution in [2.45, 2.75) is 46.8 Å². The van der Waals surface area contributed by atoms with E-state index in [-0.39, 0.29) is 17.6 Å². The van der Waals surface area contributed by atoms with Gasteiger partial charge in [0.2, 0.25) is 0 Å². The Morgan fingerprint density at radius 2 is 1.85 bits per heavy atom. The first-order valence-electron chi connectivity index (χ1n) is 5.13. The fraction of sp³-hybridized carbons (Fsp3) is 1.00. The van der Waals surface area contributed by atoms with Gasteiger partial charge in [-0.3, -0.25) is 0 Å². The van der Waals surface area contributed by atoms with Gasteiger partial charge in [0.25, 0.3) is 0 Å². The minimum absolute atomic E-state index is 0.0231. The zero-order chi connectivity index (χ0) is 10.2. The third kappa shape index (κ3) is 2.23. The first kappa shape index (κ1) is 11.0. The molecule has 0 bridgehead atoms. The van der Waals surface area contributed by atoms with Crippen LogP contribution < -0.4 is 0 Å². The third-order valence-electron chi connectivity index (χ3n) is 3.17. The van der Waals surface area contributed by atoms with Gasteiger partial charge in [0.05, 0.1) is 12.2 Å². The van der Waals surface area contributed by atoms with Crippen molar-refractivity contribution < 1.29 is 9.84 Å². The Kier molecular flexibility index (Phi) is 3.03. The second kappa shape index (κ2) is 3.58. The summed E-state index contributed by atoms with van der Waals surface area (Å²) >= 11 is 0. The quantitative estimate of drug-likeness (QED) is 0.679. The van der Waals surface area contributed by atoms with Gasteiger partial charge in [0.15, 0.2) is 0 Å². The fourth-order valence-electron chi connectivity index (χ4n) is 1.76. The van der Waals surface area contributed by atoms with Gasteiger partial charge in [-0.1, -0.05) is 34.6 Å². The molecule has 13 heavy (non-hydrogen) atoms. The highest BCUT2D eigenvalue weighted by Crippen LogP contribution is 2.34. The van der Waals surface area contributed by atoms with Crippen LogP contribution in [-0.2, 0) is 4.74 Å². The number of aliphatic hydroxyl groups excluding tert-OH is 1. The van der Waals surface area contributed by atoms with Crippen LogP contribution in [0.1, 0.15) is 34.6 Å². The van der Waals surface area contributed by atoms with Gasteiger partial charge in [-0.15, -0.1) is 0 Å². The zero-order valence-corrected chi connectivity index (χ0v) is 9.37. The second-order valence-electron chi connectivity index (χ2n) is 5.45. The van der Waals surface area contributed by atoms with Crippen LogP contribution in [-0.4, -0.2) is 23.9 Å². The lowest BCUT2D eigenvalue weighted by molar-refractivity contribution is -0.0678. The van der Waals surface area contributed by atoms with Crippen LogP contribution in [0.3, 0.4) is 0 Å². The largest absolute Gasteiger partial charge is 0.390 e. The molecule has 0 spiro atoms. The van der Waals surface area contributed by atoms with E-state index in [9.17, 15) is 5.11 Å². The lowest BCUT2D eigenvalue weighted by Gasteiger charge is -2.32. The molecular formula is C11H22O2. The number of hydrogen-bond donors (Lipinski definition) is 1. The van der Waals surface area contributed by atoms with E-state index in [4.69, 9.17) is 4.74 Å². The molecule has 0 amide bonds. The lowest BCUT2D eigenvalue weighted by atomic mass is 9.80. The maximum Gasteiger partial charge on any atom is 0.0868 e. The summed E-state index contributed by atoms with van der Waals surface area (Å²) in [5.74, 6) is 1.04. The van der Waals surface area contributed by atoms with Crippen LogP contribution in [0.5, 0.6) is 0 Å². The molecule has 2 heteroatoms. The molecule has 1 rings (SSSR count). The molecule has 0 aromatic heterocycles. The van der Waals surface area contributed by atoms with Crippen LogP contribution in [0.15, 0.2) is 0 Å². The topological polar surface area (TPSA) is 29.5 Å². The van der Waals surface area contributed by atoms with Gasteiger partial charge in [-0.05, 0) is 17.3 Å². The van der Waals surface area contributed by atoms with E-state index in [1.54, 1.807) is 0 Å². The Labute approximate surface area is 81.3 Å². The number of ether oxygens (including phenoxy) is 1. The molecule has 0 aromatic rings. The van der Waals surface area contributed by atoms with Crippen LogP contribution in [0.2, 0.25) is 0 Å². The highest BCUT2D eigenvalue weighted by atomic mass is 16.5. The SMILES string of the molecule is CC1COC(C(O)C(C)(C)C)C1C. The molecule has 0 saturated carbocycles. The first-order valence-corrected chi connectivity index (χ1v) is 5.13. The van der Waals surface area contributed by atoms with E-state index in [1.165, 1.54) is 0 Å². The Morgan fingerprint density at radius 1 is 1.31 bits per heavy atom. The van der Waals surface area contributed by atoms with Gasteiger partial charge < -0.3 is 9.84 Å². The molecule has 1 aliphatic heterocycles. The minimum atomic E-state index is -0.354. The Hall–Kier alpha value is -0.0800. The van der Waals surface area contributed by atoms with Crippen LogP contribution in [0.4, 0.5) is 0 Å². The highest BCUT2D eigenvalue weighted by molar-refractivity contribution is 4.89. The lowest BCUT2D eigenvalue weighted by Crippen LogP contribution is -2.40. The number of rotatable bonds is 1. The van der Waals surface area contributed by atoms with E-state index >= 15 is 0 Å². The zero-order valence-electron chi connectivity index (χ0n) is 9.37. The third-order valence-corrected chi connectivity index (χ3v) is 3.17. The van der Waals surface area contributed by atoms with E-state index in [1.807, 2.05) is 0 Å². The van der Waals surface area contributed by atoms with E-state index < -0.39 is 0 Å². The molecule has 1 N–H and O–H groups in total. The molecule has 1 saturated heterocycles. The standard InChI is InChI=1S/C11H22O2/c1-7-6-13-9(8(7)2)10(12)11(3,4)5/h7-10,12H,6H2,1-5H3. The summed E-state index contributed by atoms with van der Waals surface area (Å²) in [6, 6.07) is 0. The average molecular weight is 186 g/mol. The first-order chi connectivity index (χ1) is 5.84. The monoisotopic (exact) mass is 186 g/mol. The molecule has 1 fully saturated rings. The molecule has 2 nitrogen and oxygen atoms in total. The van der Waals surface area contributed by atoms with E-state index in [0.29, 0.717) is 11.8 Å². The average Bonchev–Trinajstić information content (AvgIpc) is 2.30. The molecule has 4 atom stereocenters. The summed E-state index contributed by atoms with van der Waals surface area (Å²) in [7, 11) is 0. The molecule has 4 unspecified atom stereocenters. The number of aliphatic hydroxyl groups is 1. The minimum Gasteiger partial charge on any atom is -0.390 e. The molecular weight excluding hydrogens is 164 g/mol. The van der Waals surface area contributed by atoms with Gasteiger partial charge >= 0.3 is 0 Å². The molecule has 0 aliphatic carbocycles. The van der Waals surface area contributed by atoms with Crippen molar-refractivity contribution >= 4 is 0 Å². The van der Waals surface area contributed by atoms with Gasteiger partial charge in [-0.2, -0.15) is 0 Å². The van der Waals surface area contributed by atoms with Crippen LogP contribution >= 0.6 is 0 Å². The predicted molar refractivity (Wildman–Crippen MR) is 53.5 cm³/mol. The summed E-state index contributed by atoms with van der Waals surface area (Å²) in [5, 5.41) is 10.0. The van der Waals surface area contributed by atoms with Gasteiger partial charge in [0.1, 0.15) is 0 Å². The number of hydrogen-bond acceptors (Lipinski definition) is 2. The summed E-state index contributed by atoms with van der Waals surface area (Å²) in [6.07, 6.45) is -0.331. The Balaban J connectivity index is 2.63. The van der Waals surface area contributed by atoms with Crippen molar-refractivity contribution in [2.24, 2.45) is 17.3 Å². The predicted octanol–water partition coefficient (Wildman–Crippen LogP) is 2.06. The normalized spacial score (nSPS) is 37.8. The van der Waals surface area contributed by atoms with Crippen molar-refractivity contribution in [3.05, 3.63) is 0 Å². The van der Waals surface area contributed by atoms with Crippen LogP contribution in [0, 0.1) is 17.3 Å². The smallest absolute Gasteiger partial charge is 0.0868 e. The molecule has 1 aliphatic rings. The summed E-state index contributed by atoms with van der Waals surface area (Å²) in [6.45, 7) is 11.3. The van der Waals surface area contributed by atoms with Crippen molar-refractivity contribution in [3.8, 4) is 0 Å². The summed E-state index contributed by atoms with van der Waals surface area (Å²) in [4.78, 5) is 0. The summed E-state index contributed by atoms with van der Waals surface area (Å²) in [5.41, 5.74) is -0.0804. The van der Waals surface area contributed by atoms with Gasteiger partial charge in [-0.25, -0.2) is 0 Å². The molecule has 78 valence electrons. The van der Waals surface area contributed by atoms with Crippen molar-refractivity contribution in [3.63, 3.8) is 0 Å². The Morgan fingerprint density at radius 3 is 2.15 bits per heavy atom. The molecule has 0 radical (unpaired) electrons. The molecule has 1 heterocycles. The van der Waals surface area contributed by atoms with Crippen LogP contribution in [0.25, 0.3) is 0 Å². The van der Waals surface area contributed by atoms with Crippen molar-refractivity contribution in [1.82, 2.24) is 0 Å². The Bertz CT molecular complexity index is 171. The maximum absolute atomic E-state index is 10.0. The fourth-order valence-corrected chi connectivity index (χ4v) is 1.76. The molecule has 0 aromatic carbocycles. The van der Waals surface area contributed by atoms with Crippen molar-refractivity contribution in [2.75, 3.05) is 6.61 Å². The summed E-state index contributed by atoms with van der Waals surface area (Å²) < 4.78 is 5.62. The maximum atomic E-state index is 10.0. The van der Waals surface area contributed by atoms with Gasteiger partial charge in [0, 0.05) is 6.61 Å².